The molecule has 0 aromatic heterocycles. The third kappa shape index (κ3) is 13.5. The second-order valence-corrected chi connectivity index (χ2v) is 15.0. The first-order chi connectivity index (χ1) is 18.7. The first-order valence-corrected chi connectivity index (χ1v) is 18.0. The largest absolute Gasteiger partial charge is 0.357 e. The van der Waals surface area contributed by atoms with Crippen molar-refractivity contribution in [1.82, 2.24) is 0 Å². The minimum absolute atomic E-state index is 0.0304. The van der Waals surface area contributed by atoms with E-state index in [2.05, 4.69) is 71.0 Å². The molecule has 0 aliphatic rings. The Morgan fingerprint density at radius 1 is 0.590 bits per heavy atom. The van der Waals surface area contributed by atoms with Gasteiger partial charge in [-0.1, -0.05) is 95.0 Å². The Bertz CT molecular complexity index is 1160. The lowest BCUT2D eigenvalue weighted by Gasteiger charge is -2.05. The van der Waals surface area contributed by atoms with Gasteiger partial charge in [0, 0.05) is 0 Å². The molecular weight excluding hydrogens is 615 g/mol. The molecule has 0 bridgehead atoms. The van der Waals surface area contributed by atoms with Crippen molar-refractivity contribution in [3.05, 3.63) is 96.1 Å². The average Bonchev–Trinajstić information content (AvgIpc) is 2.92. The van der Waals surface area contributed by atoms with Crippen molar-refractivity contribution in [1.29, 1.82) is 0 Å². The topological polar surface area (TPSA) is 43.4 Å². The Morgan fingerprint density at radius 3 is 1.51 bits per heavy atom. The van der Waals surface area contributed by atoms with Crippen molar-refractivity contribution in [3.63, 3.8) is 0 Å². The normalized spacial score (nSPS) is 11.2. The van der Waals surface area contributed by atoms with Crippen LogP contribution in [0.4, 0.5) is 0 Å². The van der Waals surface area contributed by atoms with Gasteiger partial charge in [-0.3, -0.25) is 4.18 Å². The van der Waals surface area contributed by atoms with Gasteiger partial charge in [-0.05, 0) is 92.8 Å². The highest BCUT2D eigenvalue weighted by Crippen LogP contribution is 2.14. The Kier molecular flexibility index (Phi) is 16.0. The second kappa shape index (κ2) is 18.6. The zero-order valence-electron chi connectivity index (χ0n) is 24.6. The number of hydrogen-bond donors (Lipinski definition) is 0. The quantitative estimate of drug-likeness (QED) is 0.108. The summed E-state index contributed by atoms with van der Waals surface area (Å²) in [5, 5.41) is 0. The molecule has 3 aromatic rings. The van der Waals surface area contributed by atoms with Crippen molar-refractivity contribution in [2.45, 2.75) is 104 Å². The molecular formula is C34H48IO3S+. The maximum atomic E-state index is 11.9. The Morgan fingerprint density at radius 2 is 1.05 bits per heavy atom. The molecule has 5 heteroatoms. The van der Waals surface area contributed by atoms with Gasteiger partial charge in [-0.15, -0.1) is 0 Å². The highest BCUT2D eigenvalue weighted by molar-refractivity contribution is 7.86. The van der Waals surface area contributed by atoms with Crippen LogP contribution in [-0.2, 0) is 14.3 Å². The maximum Gasteiger partial charge on any atom is 0.357 e. The Labute approximate surface area is 249 Å². The van der Waals surface area contributed by atoms with E-state index < -0.39 is 10.1 Å². The summed E-state index contributed by atoms with van der Waals surface area (Å²) in [4.78, 5) is 0.238. The third-order valence-electron chi connectivity index (χ3n) is 6.92. The molecule has 0 aliphatic heterocycles. The standard InChI is InChI=1S/C18H30O3S.C16H18I/c1-2-3-4-5-6-7-8-9-10-14-17-21-22(19,20)18-15-12-11-13-16-18;1-11-5-7-15(9-13(11)3)17-16-8-6-12(2)14(4)10-16/h11-13,15-16H,2-10,14,17H2,1H3;5-10H,1-4H3/q;+1. The second-order valence-electron chi connectivity index (χ2n) is 10.3. The summed E-state index contributed by atoms with van der Waals surface area (Å²) in [6.45, 7) is 11.3. The minimum Gasteiger partial charge on any atom is -0.266 e. The van der Waals surface area contributed by atoms with Crippen LogP contribution in [0.15, 0.2) is 71.6 Å². The van der Waals surface area contributed by atoms with E-state index in [0.29, 0.717) is 0 Å². The van der Waals surface area contributed by atoms with Crippen LogP contribution in [0.5, 0.6) is 0 Å². The van der Waals surface area contributed by atoms with Crippen LogP contribution in [0.2, 0.25) is 0 Å². The van der Waals surface area contributed by atoms with Gasteiger partial charge in [-0.2, -0.15) is 8.42 Å². The molecule has 0 unspecified atom stereocenters. The molecule has 3 nitrogen and oxygen atoms in total. The monoisotopic (exact) mass is 663 g/mol. The lowest BCUT2D eigenvalue weighted by atomic mass is 10.1. The molecule has 214 valence electrons. The van der Waals surface area contributed by atoms with E-state index in [1.165, 1.54) is 80.8 Å². The van der Waals surface area contributed by atoms with Gasteiger partial charge in [-0.25, -0.2) is 0 Å². The zero-order valence-corrected chi connectivity index (χ0v) is 27.6. The van der Waals surface area contributed by atoms with E-state index in [-0.39, 0.29) is 32.7 Å². The molecule has 0 spiro atoms. The summed E-state index contributed by atoms with van der Waals surface area (Å²) in [5.41, 5.74) is 5.59. The van der Waals surface area contributed by atoms with Crippen molar-refractivity contribution in [2.75, 3.05) is 6.61 Å². The molecule has 0 fully saturated rings. The molecule has 3 aromatic carbocycles. The number of aryl methyl sites for hydroxylation is 4. The SMILES string of the molecule is CCCCCCCCCCCCOS(=O)(=O)c1ccccc1.Cc1ccc([I+]c2ccc(C)c(C)c2)cc1C. The van der Waals surface area contributed by atoms with Gasteiger partial charge >= 0.3 is 21.2 Å². The minimum atomic E-state index is -3.57. The van der Waals surface area contributed by atoms with Crippen molar-refractivity contribution < 1.29 is 33.8 Å². The van der Waals surface area contributed by atoms with Gasteiger partial charge in [0.2, 0.25) is 0 Å². The van der Waals surface area contributed by atoms with Crippen molar-refractivity contribution in [2.24, 2.45) is 0 Å². The smallest absolute Gasteiger partial charge is 0.266 e. The number of unbranched alkanes of at least 4 members (excludes halogenated alkanes) is 9. The summed E-state index contributed by atoms with van der Waals surface area (Å²) in [6.07, 6.45) is 12.3. The highest BCUT2D eigenvalue weighted by Gasteiger charge is 2.16. The molecule has 0 atom stereocenters. The fraction of sp³-hybridized carbons (Fsp3) is 0.471. The molecule has 0 aliphatic carbocycles. The molecule has 39 heavy (non-hydrogen) atoms. The van der Waals surface area contributed by atoms with Crippen LogP contribution in [0, 0.1) is 34.8 Å². The molecule has 0 heterocycles. The van der Waals surface area contributed by atoms with Gasteiger partial charge in [0.1, 0.15) is 0 Å². The van der Waals surface area contributed by atoms with Gasteiger partial charge in [0.05, 0.1) is 11.5 Å². The van der Waals surface area contributed by atoms with Crippen LogP contribution in [0.25, 0.3) is 0 Å². The van der Waals surface area contributed by atoms with Gasteiger partial charge in [0.15, 0.2) is 7.14 Å². The number of hydrogen-bond acceptors (Lipinski definition) is 3. The van der Waals surface area contributed by atoms with E-state index in [1.807, 2.05) is 0 Å². The summed E-state index contributed by atoms with van der Waals surface area (Å²) < 4.78 is 31.8. The first kappa shape index (κ1) is 33.5. The fourth-order valence-corrected chi connectivity index (χ4v) is 7.71. The molecule has 3 rings (SSSR count). The van der Waals surface area contributed by atoms with Crippen LogP contribution < -0.4 is 21.2 Å². The van der Waals surface area contributed by atoms with Crippen LogP contribution in [0.1, 0.15) is 93.4 Å². The number of benzene rings is 3. The zero-order chi connectivity index (χ0) is 28.5. The predicted octanol–water partition coefficient (Wildman–Crippen LogP) is 6.36. The highest BCUT2D eigenvalue weighted by atomic mass is 127. The van der Waals surface area contributed by atoms with E-state index in [4.69, 9.17) is 4.18 Å². The summed E-state index contributed by atoms with van der Waals surface area (Å²) in [5.74, 6) is 0. The molecule has 0 saturated carbocycles. The third-order valence-corrected chi connectivity index (χ3v) is 10.8. The van der Waals surface area contributed by atoms with Crippen molar-refractivity contribution in [3.8, 4) is 0 Å². The summed E-state index contributed by atoms with van der Waals surface area (Å²) >= 11 is -0.0304. The van der Waals surface area contributed by atoms with Crippen LogP contribution in [-0.4, -0.2) is 15.0 Å². The molecule has 0 N–H and O–H groups in total. The van der Waals surface area contributed by atoms with E-state index in [9.17, 15) is 8.42 Å². The fourth-order valence-electron chi connectivity index (χ4n) is 4.07. The Balaban J connectivity index is 0.000000282. The lowest BCUT2D eigenvalue weighted by Crippen LogP contribution is -3.61. The summed E-state index contributed by atoms with van der Waals surface area (Å²) in [6, 6.07) is 22.1. The first-order valence-electron chi connectivity index (χ1n) is 14.5. The van der Waals surface area contributed by atoms with E-state index in [1.54, 1.807) is 30.3 Å². The predicted molar refractivity (Wildman–Crippen MR) is 161 cm³/mol. The number of halogens is 1. The maximum absolute atomic E-state index is 11.9. The molecule has 0 saturated heterocycles. The summed E-state index contributed by atoms with van der Waals surface area (Å²) in [7, 11) is -3.57. The van der Waals surface area contributed by atoms with E-state index >= 15 is 0 Å². The molecule has 0 amide bonds. The average molecular weight is 664 g/mol. The molecule has 0 radical (unpaired) electrons. The van der Waals surface area contributed by atoms with E-state index in [0.717, 1.165) is 12.8 Å². The van der Waals surface area contributed by atoms with Crippen LogP contribution in [0.3, 0.4) is 0 Å². The lowest BCUT2D eigenvalue weighted by molar-refractivity contribution is -0.597. The Hall–Kier alpha value is -1.70. The number of rotatable bonds is 15. The van der Waals surface area contributed by atoms with Gasteiger partial charge < -0.3 is 0 Å². The van der Waals surface area contributed by atoms with Crippen LogP contribution >= 0.6 is 0 Å². The van der Waals surface area contributed by atoms with Gasteiger partial charge in [0.25, 0.3) is 10.1 Å². The van der Waals surface area contributed by atoms with Crippen molar-refractivity contribution >= 4 is 10.1 Å².